The van der Waals surface area contributed by atoms with Gasteiger partial charge in [-0.05, 0) is 35.9 Å². The first-order valence-electron chi connectivity index (χ1n) is 7.84. The summed E-state index contributed by atoms with van der Waals surface area (Å²) in [5.74, 6) is 0.382. The van der Waals surface area contributed by atoms with E-state index in [0.29, 0.717) is 27.9 Å². The fraction of sp³-hybridized carbons (Fsp3) is 0.158. The highest BCUT2D eigenvalue weighted by Gasteiger charge is 2.12. The number of carbonyl (C=O) groups is 1. The molecule has 0 spiro atoms. The molecule has 134 valence electrons. The van der Waals surface area contributed by atoms with Crippen molar-refractivity contribution in [1.29, 1.82) is 0 Å². The van der Waals surface area contributed by atoms with Crippen LogP contribution in [0.15, 0.2) is 47.8 Å². The highest BCUT2D eigenvalue weighted by Crippen LogP contribution is 2.28. The summed E-state index contributed by atoms with van der Waals surface area (Å²) in [7, 11) is 1.54. The number of methoxy groups -OCH3 is 1. The van der Waals surface area contributed by atoms with Crippen LogP contribution in [0.1, 0.15) is 16.3 Å². The molecule has 0 aliphatic heterocycles. The molecule has 26 heavy (non-hydrogen) atoms. The zero-order valence-corrected chi connectivity index (χ0v) is 16.3. The maximum atomic E-state index is 12.3. The molecule has 0 fully saturated rings. The maximum absolute atomic E-state index is 12.3. The van der Waals surface area contributed by atoms with E-state index >= 15 is 0 Å². The molecule has 1 amide bonds. The SMILES string of the molecule is COc1ccc(Cl)cc1NC(=O)Cc1csc(Cc2cccc(Cl)c2)n1. The number of aromatic nitrogens is 1. The van der Waals surface area contributed by atoms with Crippen LogP contribution in [0, 0.1) is 0 Å². The Balaban J connectivity index is 1.64. The molecular weight excluding hydrogens is 391 g/mol. The number of carbonyl (C=O) groups excluding carboxylic acids is 1. The zero-order valence-electron chi connectivity index (χ0n) is 14.0. The van der Waals surface area contributed by atoms with Crippen LogP contribution < -0.4 is 10.1 Å². The summed E-state index contributed by atoms with van der Waals surface area (Å²) in [6, 6.07) is 12.8. The summed E-state index contributed by atoms with van der Waals surface area (Å²) in [5, 5.41) is 6.88. The first kappa shape index (κ1) is 18.7. The van der Waals surface area contributed by atoms with Crippen LogP contribution in [0.2, 0.25) is 10.0 Å². The second kappa shape index (κ2) is 8.54. The average molecular weight is 407 g/mol. The van der Waals surface area contributed by atoms with Crippen molar-refractivity contribution in [3.63, 3.8) is 0 Å². The first-order valence-corrected chi connectivity index (χ1v) is 9.48. The minimum Gasteiger partial charge on any atom is -0.495 e. The average Bonchev–Trinajstić information content (AvgIpc) is 3.01. The lowest BCUT2D eigenvalue weighted by molar-refractivity contribution is -0.115. The number of hydrogen-bond donors (Lipinski definition) is 1. The van der Waals surface area contributed by atoms with Crippen LogP contribution in [0.5, 0.6) is 5.75 Å². The van der Waals surface area contributed by atoms with Crippen molar-refractivity contribution in [3.8, 4) is 5.75 Å². The molecule has 4 nitrogen and oxygen atoms in total. The number of hydrogen-bond acceptors (Lipinski definition) is 4. The molecule has 2 aromatic carbocycles. The van der Waals surface area contributed by atoms with Crippen LogP contribution >= 0.6 is 34.5 Å². The Morgan fingerprint density at radius 3 is 2.77 bits per heavy atom. The Labute approximate surface area is 165 Å². The Morgan fingerprint density at radius 2 is 2.00 bits per heavy atom. The Hall–Kier alpha value is -2.08. The Morgan fingerprint density at radius 1 is 1.19 bits per heavy atom. The molecule has 1 N–H and O–H groups in total. The van der Waals surface area contributed by atoms with Gasteiger partial charge in [0.25, 0.3) is 0 Å². The lowest BCUT2D eigenvalue weighted by atomic mass is 10.2. The van der Waals surface area contributed by atoms with Crippen molar-refractivity contribution in [2.24, 2.45) is 0 Å². The number of rotatable bonds is 6. The topological polar surface area (TPSA) is 51.2 Å². The van der Waals surface area contributed by atoms with Gasteiger partial charge < -0.3 is 10.1 Å². The minimum atomic E-state index is -0.176. The normalized spacial score (nSPS) is 10.6. The molecular formula is C19H16Cl2N2O2S. The monoisotopic (exact) mass is 406 g/mol. The number of nitrogens with zero attached hydrogens (tertiary/aromatic N) is 1. The molecule has 0 radical (unpaired) electrons. The number of anilines is 1. The maximum Gasteiger partial charge on any atom is 0.230 e. The number of nitrogens with one attached hydrogen (secondary N) is 1. The molecule has 0 atom stereocenters. The highest BCUT2D eigenvalue weighted by molar-refractivity contribution is 7.09. The number of ether oxygens (including phenoxy) is 1. The fourth-order valence-corrected chi connectivity index (χ4v) is 3.68. The highest BCUT2D eigenvalue weighted by atomic mass is 35.5. The van der Waals surface area contributed by atoms with Gasteiger partial charge >= 0.3 is 0 Å². The first-order chi connectivity index (χ1) is 12.5. The summed E-state index contributed by atoms with van der Waals surface area (Å²) >= 11 is 13.5. The fourth-order valence-electron chi connectivity index (χ4n) is 2.47. The molecule has 0 aliphatic carbocycles. The van der Waals surface area contributed by atoms with Gasteiger partial charge in [0.05, 0.1) is 29.9 Å². The summed E-state index contributed by atoms with van der Waals surface area (Å²) in [6.07, 6.45) is 0.872. The smallest absolute Gasteiger partial charge is 0.230 e. The van der Waals surface area contributed by atoms with Crippen LogP contribution in [0.3, 0.4) is 0 Å². The quantitative estimate of drug-likeness (QED) is 0.609. The molecule has 7 heteroatoms. The van der Waals surface area contributed by atoms with Gasteiger partial charge in [0.2, 0.25) is 5.91 Å². The van der Waals surface area contributed by atoms with Gasteiger partial charge in [-0.15, -0.1) is 11.3 Å². The van der Waals surface area contributed by atoms with Gasteiger partial charge in [0.1, 0.15) is 5.75 Å². The van der Waals surface area contributed by atoms with E-state index in [0.717, 1.165) is 16.3 Å². The lowest BCUT2D eigenvalue weighted by Crippen LogP contribution is -2.15. The second-order valence-electron chi connectivity index (χ2n) is 5.61. The summed E-state index contributed by atoms with van der Waals surface area (Å²) < 4.78 is 5.23. The van der Waals surface area contributed by atoms with Gasteiger partial charge in [-0.2, -0.15) is 0 Å². The van der Waals surface area contributed by atoms with Crippen molar-refractivity contribution in [2.45, 2.75) is 12.8 Å². The van der Waals surface area contributed by atoms with Gasteiger partial charge in [0, 0.05) is 21.8 Å². The predicted octanol–water partition coefficient (Wildman–Crippen LogP) is 5.23. The third-order valence-corrected chi connectivity index (χ3v) is 4.99. The van der Waals surface area contributed by atoms with Gasteiger partial charge in [-0.3, -0.25) is 4.79 Å². The number of halogens is 2. The Kier molecular flexibility index (Phi) is 6.14. The molecule has 1 aromatic heterocycles. The van der Waals surface area contributed by atoms with Crippen molar-refractivity contribution in [1.82, 2.24) is 4.98 Å². The van der Waals surface area contributed by atoms with E-state index in [-0.39, 0.29) is 12.3 Å². The standard InChI is InChI=1S/C19H16Cl2N2O2S/c1-25-17-6-5-14(21)9-16(17)23-18(24)10-15-11-26-19(22-15)8-12-3-2-4-13(20)7-12/h2-7,9,11H,8,10H2,1H3,(H,23,24). The van der Waals surface area contributed by atoms with E-state index in [1.165, 1.54) is 11.3 Å². The third-order valence-electron chi connectivity index (χ3n) is 3.62. The molecule has 0 saturated heterocycles. The number of benzene rings is 2. The predicted molar refractivity (Wildman–Crippen MR) is 107 cm³/mol. The molecule has 0 unspecified atom stereocenters. The van der Waals surface area contributed by atoms with Crippen LogP contribution in [-0.4, -0.2) is 18.0 Å². The minimum absolute atomic E-state index is 0.176. The van der Waals surface area contributed by atoms with Gasteiger partial charge in [-0.25, -0.2) is 4.98 Å². The van der Waals surface area contributed by atoms with Gasteiger partial charge in [0.15, 0.2) is 0 Å². The van der Waals surface area contributed by atoms with E-state index in [2.05, 4.69) is 10.3 Å². The van der Waals surface area contributed by atoms with Gasteiger partial charge in [-0.1, -0.05) is 35.3 Å². The van der Waals surface area contributed by atoms with E-state index < -0.39 is 0 Å². The molecule has 3 aromatic rings. The summed E-state index contributed by atoms with van der Waals surface area (Å²) in [6.45, 7) is 0. The van der Waals surface area contributed by atoms with Crippen molar-refractivity contribution >= 4 is 46.1 Å². The third kappa shape index (κ3) is 4.97. The summed E-state index contributed by atoms with van der Waals surface area (Å²) in [4.78, 5) is 16.8. The second-order valence-corrected chi connectivity index (χ2v) is 7.42. The van der Waals surface area contributed by atoms with Crippen molar-refractivity contribution in [3.05, 3.63) is 74.2 Å². The number of thiazole rings is 1. The van der Waals surface area contributed by atoms with Crippen LogP contribution in [0.25, 0.3) is 0 Å². The van der Waals surface area contributed by atoms with E-state index in [9.17, 15) is 4.79 Å². The van der Waals surface area contributed by atoms with Crippen molar-refractivity contribution < 1.29 is 9.53 Å². The molecule has 0 saturated carbocycles. The molecule has 0 bridgehead atoms. The lowest BCUT2D eigenvalue weighted by Gasteiger charge is -2.10. The number of amides is 1. The zero-order chi connectivity index (χ0) is 18.5. The van der Waals surface area contributed by atoms with Crippen LogP contribution in [0.4, 0.5) is 5.69 Å². The molecule has 0 aliphatic rings. The Bertz CT molecular complexity index is 927. The van der Waals surface area contributed by atoms with Crippen molar-refractivity contribution in [2.75, 3.05) is 12.4 Å². The van der Waals surface area contributed by atoms with E-state index in [4.69, 9.17) is 27.9 Å². The molecule has 1 heterocycles. The largest absolute Gasteiger partial charge is 0.495 e. The molecule has 3 rings (SSSR count). The van der Waals surface area contributed by atoms with E-state index in [1.54, 1.807) is 25.3 Å². The van der Waals surface area contributed by atoms with Crippen LogP contribution in [-0.2, 0) is 17.6 Å². The van der Waals surface area contributed by atoms with E-state index in [1.807, 2.05) is 29.6 Å². The summed E-state index contributed by atoms with van der Waals surface area (Å²) in [5.41, 5.74) is 2.36.